The molecule has 2 heterocycles. The lowest BCUT2D eigenvalue weighted by Crippen LogP contribution is -2.18. The van der Waals surface area contributed by atoms with Gasteiger partial charge in [0.25, 0.3) is 0 Å². The monoisotopic (exact) mass is 629 g/mol. The van der Waals surface area contributed by atoms with Gasteiger partial charge in [0.1, 0.15) is 0 Å². The summed E-state index contributed by atoms with van der Waals surface area (Å²) in [7, 11) is 0. The van der Waals surface area contributed by atoms with E-state index in [9.17, 15) is 0 Å². The number of hydrogen-bond donors (Lipinski definition) is 0. The fourth-order valence-corrected chi connectivity index (χ4v) is 8.75. The molecular weight excluding hydrogens is 595 g/mol. The summed E-state index contributed by atoms with van der Waals surface area (Å²) in [5.41, 5.74) is 16.3. The molecule has 49 heavy (non-hydrogen) atoms. The molecule has 0 N–H and O–H groups in total. The van der Waals surface area contributed by atoms with Gasteiger partial charge in [0.15, 0.2) is 5.82 Å². The van der Waals surface area contributed by atoms with Crippen LogP contribution in [0, 0.1) is 0 Å². The molecule has 0 atom stereocenters. The Kier molecular flexibility index (Phi) is 5.69. The molecular formula is C46H35N3. The van der Waals surface area contributed by atoms with Crippen molar-refractivity contribution in [2.75, 3.05) is 0 Å². The normalized spacial score (nSPS) is 14.9. The first-order valence-corrected chi connectivity index (χ1v) is 17.2. The second kappa shape index (κ2) is 9.87. The van der Waals surface area contributed by atoms with Crippen LogP contribution in [0.3, 0.4) is 0 Å². The Labute approximate surface area is 286 Å². The summed E-state index contributed by atoms with van der Waals surface area (Å²) in [5.74, 6) is 0.744. The first-order chi connectivity index (χ1) is 23.8. The minimum atomic E-state index is -0.268. The Bertz CT molecular complexity index is 2660. The third-order valence-corrected chi connectivity index (χ3v) is 11.2. The Morgan fingerprint density at radius 1 is 0.469 bits per heavy atom. The lowest BCUT2D eigenvalue weighted by Gasteiger charge is -2.22. The van der Waals surface area contributed by atoms with Crippen molar-refractivity contribution in [2.45, 2.75) is 38.5 Å². The summed E-state index contributed by atoms with van der Waals surface area (Å²) in [6.07, 6.45) is 0. The smallest absolute Gasteiger partial charge is 0.162 e. The van der Waals surface area contributed by atoms with Gasteiger partial charge >= 0.3 is 0 Å². The molecule has 3 heteroatoms. The SMILES string of the molecule is CC1(C)c2ccccc2-c2cc3c4ccccc4n(-c4ccccc4-c4nc(-c5ccccc5)c5c(n4)C(C)(C)c4ccccc4-5)c3cc21. The molecule has 3 nitrogen and oxygen atoms in total. The largest absolute Gasteiger partial charge is 0.308 e. The van der Waals surface area contributed by atoms with Crippen LogP contribution in [0.1, 0.15) is 50.1 Å². The zero-order valence-electron chi connectivity index (χ0n) is 28.1. The summed E-state index contributed by atoms with van der Waals surface area (Å²) in [5, 5.41) is 2.50. The Morgan fingerprint density at radius 3 is 1.90 bits per heavy atom. The van der Waals surface area contributed by atoms with Crippen LogP contribution in [0.25, 0.3) is 72.4 Å². The second-order valence-corrected chi connectivity index (χ2v) is 14.6. The van der Waals surface area contributed by atoms with Crippen molar-refractivity contribution in [3.63, 3.8) is 0 Å². The highest BCUT2D eigenvalue weighted by Gasteiger charge is 2.40. The van der Waals surface area contributed by atoms with Gasteiger partial charge in [0.05, 0.1) is 28.1 Å². The minimum Gasteiger partial charge on any atom is -0.308 e. The van der Waals surface area contributed by atoms with Crippen molar-refractivity contribution in [1.82, 2.24) is 14.5 Å². The van der Waals surface area contributed by atoms with Gasteiger partial charge in [0.2, 0.25) is 0 Å². The van der Waals surface area contributed by atoms with Gasteiger partial charge in [-0.15, -0.1) is 0 Å². The topological polar surface area (TPSA) is 30.7 Å². The molecule has 234 valence electrons. The molecule has 0 spiro atoms. The van der Waals surface area contributed by atoms with E-state index in [2.05, 4.69) is 172 Å². The van der Waals surface area contributed by atoms with Crippen molar-refractivity contribution in [3.8, 4) is 50.6 Å². The molecule has 0 radical (unpaired) electrons. The van der Waals surface area contributed by atoms with E-state index in [0.717, 1.165) is 39.6 Å². The molecule has 2 aliphatic carbocycles. The second-order valence-electron chi connectivity index (χ2n) is 14.6. The van der Waals surface area contributed by atoms with E-state index in [-0.39, 0.29) is 10.8 Å². The van der Waals surface area contributed by atoms with Gasteiger partial charge in [-0.25, -0.2) is 9.97 Å². The summed E-state index contributed by atoms with van der Waals surface area (Å²) in [6, 6.07) is 50.6. The quantitative estimate of drug-likeness (QED) is 0.195. The zero-order valence-corrected chi connectivity index (χ0v) is 28.1. The Morgan fingerprint density at radius 2 is 1.10 bits per heavy atom. The van der Waals surface area contributed by atoms with Gasteiger partial charge in [-0.05, 0) is 63.7 Å². The number of hydrogen-bond acceptors (Lipinski definition) is 2. The predicted octanol–water partition coefficient (Wildman–Crippen LogP) is 11.5. The van der Waals surface area contributed by atoms with Crippen molar-refractivity contribution >= 4 is 21.8 Å². The minimum absolute atomic E-state index is 0.102. The maximum absolute atomic E-state index is 5.49. The van der Waals surface area contributed by atoms with Gasteiger partial charge in [-0.3, -0.25) is 0 Å². The van der Waals surface area contributed by atoms with E-state index in [1.54, 1.807) is 0 Å². The molecule has 0 fully saturated rings. The maximum atomic E-state index is 5.49. The summed E-state index contributed by atoms with van der Waals surface area (Å²) in [6.45, 7) is 9.30. The third kappa shape index (κ3) is 3.79. The predicted molar refractivity (Wildman–Crippen MR) is 202 cm³/mol. The Hall–Kier alpha value is -5.80. The average molecular weight is 630 g/mol. The lowest BCUT2D eigenvalue weighted by molar-refractivity contribution is 0.636. The maximum Gasteiger partial charge on any atom is 0.162 e. The standard InChI is InChI=1S/C46H35N3/c1-45(2)35-22-12-8-18-29(35)33-26-34-30-19-10-14-24-38(30)49(40(34)27-37(33)45)39-25-15-11-21-32(39)44-47-42(28-16-6-5-7-17-28)41-31-20-9-13-23-36(31)46(3,4)43(41)48-44/h5-27H,1-4H3. The van der Waals surface area contributed by atoms with E-state index in [1.807, 2.05) is 0 Å². The number of nitrogens with zero attached hydrogens (tertiary/aromatic N) is 3. The molecule has 0 bridgehead atoms. The highest BCUT2D eigenvalue weighted by molar-refractivity contribution is 6.12. The molecule has 0 amide bonds. The van der Waals surface area contributed by atoms with Crippen LogP contribution < -0.4 is 0 Å². The van der Waals surface area contributed by atoms with Gasteiger partial charge in [0, 0.05) is 38.3 Å². The van der Waals surface area contributed by atoms with Crippen LogP contribution in [-0.4, -0.2) is 14.5 Å². The van der Waals surface area contributed by atoms with E-state index < -0.39 is 0 Å². The van der Waals surface area contributed by atoms with Gasteiger partial charge < -0.3 is 4.57 Å². The summed E-state index contributed by atoms with van der Waals surface area (Å²) in [4.78, 5) is 11.0. The fourth-order valence-electron chi connectivity index (χ4n) is 8.75. The van der Waals surface area contributed by atoms with E-state index in [4.69, 9.17) is 9.97 Å². The summed E-state index contributed by atoms with van der Waals surface area (Å²) < 4.78 is 2.44. The fraction of sp³-hybridized carbons (Fsp3) is 0.130. The van der Waals surface area contributed by atoms with Crippen LogP contribution >= 0.6 is 0 Å². The van der Waals surface area contributed by atoms with E-state index in [1.165, 1.54) is 55.2 Å². The van der Waals surface area contributed by atoms with Crippen molar-refractivity contribution in [1.29, 1.82) is 0 Å². The Balaban J connectivity index is 1.27. The average Bonchev–Trinajstić information content (AvgIpc) is 3.67. The van der Waals surface area contributed by atoms with E-state index in [0.29, 0.717) is 0 Å². The molecule has 0 aliphatic heterocycles. The molecule has 0 saturated carbocycles. The molecule has 0 unspecified atom stereocenters. The highest BCUT2D eigenvalue weighted by atomic mass is 15.0. The highest BCUT2D eigenvalue weighted by Crippen LogP contribution is 2.53. The number of rotatable bonds is 3. The van der Waals surface area contributed by atoms with Crippen molar-refractivity contribution in [3.05, 3.63) is 162 Å². The number of benzene rings is 6. The first kappa shape index (κ1) is 28.2. The van der Waals surface area contributed by atoms with Gasteiger partial charge in [-0.1, -0.05) is 137 Å². The first-order valence-electron chi connectivity index (χ1n) is 17.2. The van der Waals surface area contributed by atoms with Crippen molar-refractivity contribution < 1.29 is 0 Å². The van der Waals surface area contributed by atoms with Crippen molar-refractivity contribution in [2.24, 2.45) is 0 Å². The van der Waals surface area contributed by atoms with Crippen LogP contribution in [0.15, 0.2) is 140 Å². The zero-order chi connectivity index (χ0) is 33.1. The molecule has 8 aromatic rings. The molecule has 10 rings (SSSR count). The molecule has 0 saturated heterocycles. The van der Waals surface area contributed by atoms with E-state index >= 15 is 0 Å². The molecule has 2 aliphatic rings. The number of aromatic nitrogens is 3. The van der Waals surface area contributed by atoms with Crippen LogP contribution in [0.2, 0.25) is 0 Å². The van der Waals surface area contributed by atoms with Crippen LogP contribution in [-0.2, 0) is 10.8 Å². The molecule has 2 aromatic heterocycles. The van der Waals surface area contributed by atoms with Crippen LogP contribution in [0.4, 0.5) is 0 Å². The summed E-state index contributed by atoms with van der Waals surface area (Å²) >= 11 is 0. The number of para-hydroxylation sites is 2. The van der Waals surface area contributed by atoms with Crippen LogP contribution in [0.5, 0.6) is 0 Å². The van der Waals surface area contributed by atoms with Gasteiger partial charge in [-0.2, -0.15) is 0 Å². The molecule has 6 aromatic carbocycles. The lowest BCUT2D eigenvalue weighted by atomic mass is 9.82. The number of fused-ring (bicyclic) bond motifs is 9. The third-order valence-electron chi connectivity index (χ3n) is 11.2.